The first kappa shape index (κ1) is 11.3. The highest BCUT2D eigenvalue weighted by Crippen LogP contribution is 2.28. The highest BCUT2D eigenvalue weighted by molar-refractivity contribution is 7.81. The van der Waals surface area contributed by atoms with E-state index < -0.39 is 0 Å². The molecule has 2 nitrogen and oxygen atoms in total. The van der Waals surface area contributed by atoms with Gasteiger partial charge in [-0.15, -0.1) is 12.6 Å². The Morgan fingerprint density at radius 1 is 1.62 bits per heavy atom. The van der Waals surface area contributed by atoms with E-state index in [1.165, 1.54) is 0 Å². The molecule has 78 valence electrons. The lowest BCUT2D eigenvalue weighted by Gasteiger charge is -2.23. The van der Waals surface area contributed by atoms with Crippen LogP contribution in [0.5, 0.6) is 0 Å². The van der Waals surface area contributed by atoms with Gasteiger partial charge in [0.25, 0.3) is 0 Å². The zero-order valence-electron chi connectivity index (χ0n) is 8.75. The summed E-state index contributed by atoms with van der Waals surface area (Å²) in [6.07, 6.45) is 2.39. The third-order valence-electron chi connectivity index (χ3n) is 2.12. The lowest BCUT2D eigenvalue weighted by Crippen LogP contribution is -2.24. The number of epoxide rings is 1. The van der Waals surface area contributed by atoms with E-state index in [4.69, 9.17) is 9.47 Å². The summed E-state index contributed by atoms with van der Waals surface area (Å²) >= 11 is 4.47. The zero-order chi connectivity index (χ0) is 9.90. The van der Waals surface area contributed by atoms with E-state index in [-0.39, 0.29) is 4.93 Å². The highest BCUT2D eigenvalue weighted by atomic mass is 32.1. The molecule has 0 aromatic rings. The molecule has 0 radical (unpaired) electrons. The van der Waals surface area contributed by atoms with E-state index in [1.54, 1.807) is 0 Å². The maximum atomic E-state index is 5.68. The number of hydrogen-bond acceptors (Lipinski definition) is 3. The Kier molecular flexibility index (Phi) is 4.07. The predicted octanol–water partition coefficient (Wildman–Crippen LogP) is 2.48. The summed E-state index contributed by atoms with van der Waals surface area (Å²) in [5.74, 6) is 0.696. The summed E-state index contributed by atoms with van der Waals surface area (Å²) in [6.45, 7) is 8.08. The van der Waals surface area contributed by atoms with Gasteiger partial charge >= 0.3 is 0 Å². The lowest BCUT2D eigenvalue weighted by atomic mass is 10.1. The SMILES string of the molecule is CC(C)CCOC(C)(S)CC1CO1. The van der Waals surface area contributed by atoms with Crippen LogP contribution in [-0.4, -0.2) is 24.3 Å². The van der Waals surface area contributed by atoms with Crippen molar-refractivity contribution >= 4 is 12.6 Å². The van der Waals surface area contributed by atoms with Crippen LogP contribution in [0.1, 0.15) is 33.6 Å². The van der Waals surface area contributed by atoms with E-state index >= 15 is 0 Å². The van der Waals surface area contributed by atoms with Gasteiger partial charge in [0.2, 0.25) is 0 Å². The highest BCUT2D eigenvalue weighted by Gasteiger charge is 2.32. The molecule has 0 bridgehead atoms. The molecule has 1 fully saturated rings. The second-order valence-electron chi connectivity index (χ2n) is 4.37. The van der Waals surface area contributed by atoms with Gasteiger partial charge in [0.1, 0.15) is 4.93 Å². The van der Waals surface area contributed by atoms with Crippen LogP contribution in [0.25, 0.3) is 0 Å². The van der Waals surface area contributed by atoms with Gasteiger partial charge in [-0.3, -0.25) is 0 Å². The van der Waals surface area contributed by atoms with Crippen molar-refractivity contribution in [3.8, 4) is 0 Å². The van der Waals surface area contributed by atoms with Gasteiger partial charge < -0.3 is 9.47 Å². The fourth-order valence-corrected chi connectivity index (χ4v) is 1.48. The molecule has 0 aromatic heterocycles. The van der Waals surface area contributed by atoms with Crippen LogP contribution >= 0.6 is 12.6 Å². The monoisotopic (exact) mass is 204 g/mol. The topological polar surface area (TPSA) is 21.8 Å². The van der Waals surface area contributed by atoms with Crippen LogP contribution < -0.4 is 0 Å². The number of ether oxygens (including phenoxy) is 2. The Bertz CT molecular complexity index is 153. The van der Waals surface area contributed by atoms with Gasteiger partial charge in [0.05, 0.1) is 12.7 Å². The summed E-state index contributed by atoms with van der Waals surface area (Å²) in [5, 5.41) is 0. The summed E-state index contributed by atoms with van der Waals surface area (Å²) in [4.78, 5) is -0.309. The predicted molar refractivity (Wildman–Crippen MR) is 57.2 cm³/mol. The van der Waals surface area contributed by atoms with Gasteiger partial charge in [-0.2, -0.15) is 0 Å². The van der Waals surface area contributed by atoms with Crippen molar-refractivity contribution in [3.05, 3.63) is 0 Å². The van der Waals surface area contributed by atoms with Crippen LogP contribution in [0, 0.1) is 5.92 Å². The molecule has 1 rings (SSSR count). The average Bonchev–Trinajstić information content (AvgIpc) is 2.68. The third-order valence-corrected chi connectivity index (χ3v) is 2.43. The van der Waals surface area contributed by atoms with Crippen molar-refractivity contribution in [2.24, 2.45) is 5.92 Å². The van der Waals surface area contributed by atoms with E-state index in [9.17, 15) is 0 Å². The maximum Gasteiger partial charge on any atom is 0.110 e. The van der Waals surface area contributed by atoms with Gasteiger partial charge in [0, 0.05) is 13.0 Å². The molecule has 3 heteroatoms. The van der Waals surface area contributed by atoms with Crippen molar-refractivity contribution < 1.29 is 9.47 Å². The summed E-state index contributed by atoms with van der Waals surface area (Å²) in [6, 6.07) is 0. The Balaban J connectivity index is 2.09. The van der Waals surface area contributed by atoms with Crippen molar-refractivity contribution in [2.75, 3.05) is 13.2 Å². The van der Waals surface area contributed by atoms with Crippen molar-refractivity contribution in [2.45, 2.75) is 44.6 Å². The van der Waals surface area contributed by atoms with Gasteiger partial charge in [0.15, 0.2) is 0 Å². The quantitative estimate of drug-likeness (QED) is 0.408. The fraction of sp³-hybridized carbons (Fsp3) is 1.00. The van der Waals surface area contributed by atoms with Crippen molar-refractivity contribution in [1.82, 2.24) is 0 Å². The standard InChI is InChI=1S/C10H20O2S/c1-8(2)4-5-12-10(3,13)6-9-7-11-9/h8-9,13H,4-7H2,1-3H3. The van der Waals surface area contributed by atoms with E-state index in [2.05, 4.69) is 26.5 Å². The molecular formula is C10H20O2S. The van der Waals surface area contributed by atoms with Crippen LogP contribution in [0.15, 0.2) is 0 Å². The van der Waals surface area contributed by atoms with Gasteiger partial charge in [-0.05, 0) is 19.3 Å². The minimum Gasteiger partial charge on any atom is -0.373 e. The first-order chi connectivity index (χ1) is 5.99. The number of thiol groups is 1. The summed E-state index contributed by atoms with van der Waals surface area (Å²) in [5.41, 5.74) is 0. The van der Waals surface area contributed by atoms with Crippen LogP contribution in [0.4, 0.5) is 0 Å². The largest absolute Gasteiger partial charge is 0.373 e. The van der Waals surface area contributed by atoms with E-state index in [1.807, 2.05) is 6.92 Å². The minimum atomic E-state index is -0.309. The Morgan fingerprint density at radius 2 is 2.23 bits per heavy atom. The van der Waals surface area contributed by atoms with Crippen LogP contribution in [0.2, 0.25) is 0 Å². The molecule has 1 aliphatic rings. The van der Waals surface area contributed by atoms with Gasteiger partial charge in [-0.1, -0.05) is 13.8 Å². The summed E-state index contributed by atoms with van der Waals surface area (Å²) < 4.78 is 10.8. The Hall–Kier alpha value is 0.270. The van der Waals surface area contributed by atoms with Gasteiger partial charge in [-0.25, -0.2) is 0 Å². The molecule has 1 aliphatic heterocycles. The normalized spacial score (nSPS) is 26.1. The Labute approximate surface area is 86.4 Å². The minimum absolute atomic E-state index is 0.309. The number of rotatable bonds is 6. The molecule has 0 N–H and O–H groups in total. The smallest absolute Gasteiger partial charge is 0.110 e. The van der Waals surface area contributed by atoms with Crippen LogP contribution in [-0.2, 0) is 9.47 Å². The van der Waals surface area contributed by atoms with Crippen molar-refractivity contribution in [3.63, 3.8) is 0 Å². The average molecular weight is 204 g/mol. The maximum absolute atomic E-state index is 5.68. The molecule has 0 aliphatic carbocycles. The third kappa shape index (κ3) is 5.55. The molecule has 1 saturated heterocycles. The molecular weight excluding hydrogens is 184 g/mol. The first-order valence-electron chi connectivity index (χ1n) is 4.97. The molecule has 2 atom stereocenters. The first-order valence-corrected chi connectivity index (χ1v) is 5.42. The van der Waals surface area contributed by atoms with Crippen LogP contribution in [0.3, 0.4) is 0 Å². The summed E-state index contributed by atoms with van der Waals surface area (Å²) in [7, 11) is 0. The molecule has 2 unspecified atom stereocenters. The fourth-order valence-electron chi connectivity index (χ4n) is 1.18. The van der Waals surface area contributed by atoms with E-state index in [0.717, 1.165) is 26.1 Å². The molecule has 1 heterocycles. The molecule has 0 amide bonds. The van der Waals surface area contributed by atoms with Crippen molar-refractivity contribution in [1.29, 1.82) is 0 Å². The number of hydrogen-bond donors (Lipinski definition) is 1. The molecule has 13 heavy (non-hydrogen) atoms. The van der Waals surface area contributed by atoms with E-state index in [0.29, 0.717) is 12.0 Å². The molecule has 0 aromatic carbocycles. The molecule has 0 saturated carbocycles. The second-order valence-corrected chi connectivity index (χ2v) is 5.31. The Morgan fingerprint density at radius 3 is 2.69 bits per heavy atom. The second kappa shape index (κ2) is 4.67. The molecule has 0 spiro atoms. The zero-order valence-corrected chi connectivity index (χ0v) is 9.64. The lowest BCUT2D eigenvalue weighted by molar-refractivity contribution is 0.0239.